The molecule has 1 heteroatoms. The fraction of sp³-hybridized carbons (Fsp3) is 0.833. The van der Waals surface area contributed by atoms with Crippen LogP contribution in [0.5, 0.6) is 0 Å². The molecule has 0 spiro atoms. The smallest absolute Gasteiger partial charge is 0.328 e. The van der Waals surface area contributed by atoms with Crippen LogP contribution < -0.4 is 0 Å². The topological polar surface area (TPSA) is 0 Å². The van der Waals surface area contributed by atoms with E-state index >= 15 is 0 Å². The van der Waals surface area contributed by atoms with E-state index in [-0.39, 0.29) is 19.5 Å². The first-order chi connectivity index (χ1) is 6.00. The summed E-state index contributed by atoms with van der Waals surface area (Å²) in [5.41, 5.74) is 0. The first-order valence-electron chi connectivity index (χ1n) is 5.63. The van der Waals surface area contributed by atoms with Gasteiger partial charge < -0.3 is 12.8 Å². The Labute approximate surface area is 96.6 Å². The third-order valence-electron chi connectivity index (χ3n) is 2.63. The Hall–Kier alpha value is 0.623. The maximum atomic E-state index is 2.39. The van der Waals surface area contributed by atoms with Crippen molar-refractivity contribution in [3.63, 3.8) is 0 Å². The summed E-state index contributed by atoms with van der Waals surface area (Å²) in [5.74, 6) is 0. The Morgan fingerprint density at radius 2 is 0.769 bits per heavy atom. The third-order valence-corrected chi connectivity index (χ3v) is 2.63. The second kappa shape index (κ2) is 10.7. The number of rotatable bonds is 0. The Bertz CT molecular complexity index is 48.1. The molecule has 0 aromatic heterocycles. The normalized spacial score (nSPS) is 22.2. The van der Waals surface area contributed by atoms with Crippen molar-refractivity contribution in [2.75, 3.05) is 0 Å². The molecule has 0 amide bonds. The molecule has 2 rings (SSSR count). The predicted molar refractivity (Wildman–Crippen MR) is 54.8 cm³/mol. The van der Waals surface area contributed by atoms with E-state index < -0.39 is 0 Å². The molecule has 78 valence electrons. The summed E-state index contributed by atoms with van der Waals surface area (Å²) in [5, 5.41) is 0. The van der Waals surface area contributed by atoms with Gasteiger partial charge in [0.25, 0.3) is 0 Å². The molecule has 13 heavy (non-hydrogen) atoms. The Kier molecular flexibility index (Phi) is 11.2. The van der Waals surface area contributed by atoms with Crippen LogP contribution in [-0.2, 0) is 19.5 Å². The van der Waals surface area contributed by atoms with Gasteiger partial charge in [-0.15, -0.1) is 0 Å². The molecular weight excluding hydrogens is 245 g/mol. The van der Waals surface area contributed by atoms with Crippen LogP contribution >= 0.6 is 0 Å². The van der Waals surface area contributed by atoms with Crippen LogP contribution in [0.25, 0.3) is 0 Å². The molecule has 2 aliphatic rings. The molecular formula is C12H22Ru. The minimum Gasteiger partial charge on any atom is -0.328 e. The van der Waals surface area contributed by atoms with E-state index in [2.05, 4.69) is 12.8 Å². The molecule has 2 fully saturated rings. The minimum atomic E-state index is 0. The summed E-state index contributed by atoms with van der Waals surface area (Å²) >= 11 is 0. The number of hydrogen-bond acceptors (Lipinski definition) is 0. The summed E-state index contributed by atoms with van der Waals surface area (Å²) < 4.78 is 0. The Balaban J connectivity index is 0.000000206. The molecule has 0 heterocycles. The second-order valence-corrected chi connectivity index (χ2v) is 3.85. The first-order valence-corrected chi connectivity index (χ1v) is 5.63. The molecule has 0 aliphatic heterocycles. The van der Waals surface area contributed by atoms with Gasteiger partial charge in [0.15, 0.2) is 0 Å². The van der Waals surface area contributed by atoms with Gasteiger partial charge >= 0.3 is 19.5 Å². The van der Waals surface area contributed by atoms with E-state index in [0.29, 0.717) is 0 Å². The third kappa shape index (κ3) is 8.94. The molecule has 0 nitrogen and oxygen atoms in total. The molecule has 0 aromatic carbocycles. The fourth-order valence-electron chi connectivity index (χ4n) is 1.80. The van der Waals surface area contributed by atoms with Crippen LogP contribution in [0.15, 0.2) is 0 Å². The van der Waals surface area contributed by atoms with Gasteiger partial charge in [-0.25, -0.2) is 0 Å². The van der Waals surface area contributed by atoms with Gasteiger partial charge in [0.1, 0.15) is 0 Å². The Morgan fingerprint density at radius 1 is 0.462 bits per heavy atom. The molecule has 0 bridgehead atoms. The van der Waals surface area contributed by atoms with Crippen molar-refractivity contribution in [1.29, 1.82) is 0 Å². The largest absolute Gasteiger partial charge is 2.00 e. The summed E-state index contributed by atoms with van der Waals surface area (Å²) in [6, 6.07) is 0. The molecule has 0 unspecified atom stereocenters. The average molecular weight is 267 g/mol. The van der Waals surface area contributed by atoms with Gasteiger partial charge in [0.2, 0.25) is 0 Å². The average Bonchev–Trinajstić information content (AvgIpc) is 2.24. The van der Waals surface area contributed by atoms with Gasteiger partial charge in [-0.2, -0.15) is 25.7 Å². The van der Waals surface area contributed by atoms with Crippen LogP contribution in [0.1, 0.15) is 64.2 Å². The van der Waals surface area contributed by atoms with Crippen molar-refractivity contribution in [3.8, 4) is 0 Å². The van der Waals surface area contributed by atoms with E-state index in [0.717, 1.165) is 0 Å². The van der Waals surface area contributed by atoms with Crippen LogP contribution in [0.3, 0.4) is 0 Å². The summed E-state index contributed by atoms with van der Waals surface area (Å²) in [6.45, 7) is 0. The molecule has 2 aliphatic carbocycles. The maximum absolute atomic E-state index is 2.39. The van der Waals surface area contributed by atoms with Crippen LogP contribution in [-0.4, -0.2) is 0 Å². The van der Waals surface area contributed by atoms with Crippen LogP contribution in [0.2, 0.25) is 0 Å². The van der Waals surface area contributed by atoms with Crippen LogP contribution in [0.4, 0.5) is 0 Å². The van der Waals surface area contributed by atoms with Crippen LogP contribution in [0, 0.1) is 12.8 Å². The van der Waals surface area contributed by atoms with Gasteiger partial charge in [0.05, 0.1) is 0 Å². The van der Waals surface area contributed by atoms with Crippen molar-refractivity contribution in [3.05, 3.63) is 12.8 Å². The van der Waals surface area contributed by atoms with Gasteiger partial charge in [-0.3, -0.25) is 0 Å². The van der Waals surface area contributed by atoms with Crippen molar-refractivity contribution in [2.45, 2.75) is 64.2 Å². The van der Waals surface area contributed by atoms with E-state index in [1.807, 2.05) is 0 Å². The summed E-state index contributed by atoms with van der Waals surface area (Å²) in [4.78, 5) is 0. The SMILES string of the molecule is [CH-]1CCCCC1.[CH-]1CCCCC1.[Ru+2]. The van der Waals surface area contributed by atoms with Gasteiger partial charge in [-0.05, 0) is 0 Å². The predicted octanol–water partition coefficient (Wildman–Crippen LogP) is 4.31. The van der Waals surface area contributed by atoms with Crippen molar-refractivity contribution in [2.24, 2.45) is 0 Å². The quantitative estimate of drug-likeness (QED) is 0.453. The fourth-order valence-corrected chi connectivity index (χ4v) is 1.80. The van der Waals surface area contributed by atoms with E-state index in [1.54, 1.807) is 0 Å². The van der Waals surface area contributed by atoms with Crippen molar-refractivity contribution < 1.29 is 19.5 Å². The first kappa shape index (κ1) is 13.6. The molecule has 0 radical (unpaired) electrons. The zero-order valence-electron chi connectivity index (χ0n) is 8.58. The number of hydrogen-bond donors (Lipinski definition) is 0. The van der Waals surface area contributed by atoms with E-state index in [1.165, 1.54) is 64.2 Å². The van der Waals surface area contributed by atoms with E-state index in [9.17, 15) is 0 Å². The molecule has 0 atom stereocenters. The molecule has 0 N–H and O–H groups in total. The van der Waals surface area contributed by atoms with Crippen molar-refractivity contribution in [1.82, 2.24) is 0 Å². The standard InChI is InChI=1S/2C6H11.Ru/c2*1-2-4-6-5-3-1;/h2*1H,2-6H2;/q2*-1;+2. The second-order valence-electron chi connectivity index (χ2n) is 3.85. The molecule has 0 saturated heterocycles. The summed E-state index contributed by atoms with van der Waals surface area (Å²) in [7, 11) is 0. The van der Waals surface area contributed by atoms with E-state index in [4.69, 9.17) is 0 Å². The van der Waals surface area contributed by atoms with Crippen molar-refractivity contribution >= 4 is 0 Å². The zero-order chi connectivity index (χ0) is 8.49. The minimum absolute atomic E-state index is 0. The Morgan fingerprint density at radius 3 is 0.846 bits per heavy atom. The maximum Gasteiger partial charge on any atom is 2.00 e. The molecule has 2 saturated carbocycles. The van der Waals surface area contributed by atoms with Gasteiger partial charge in [0, 0.05) is 0 Å². The zero-order valence-corrected chi connectivity index (χ0v) is 10.3. The summed E-state index contributed by atoms with van der Waals surface area (Å²) in [6.07, 6.45) is 19.0. The van der Waals surface area contributed by atoms with Gasteiger partial charge in [-0.1, -0.05) is 38.5 Å². The molecule has 0 aromatic rings. The monoisotopic (exact) mass is 268 g/mol.